The molecule has 33 heavy (non-hydrogen) atoms. The maximum Gasteiger partial charge on any atom is 0.187 e. The summed E-state index contributed by atoms with van der Waals surface area (Å²) in [5.74, 6) is 0.104. The van der Waals surface area contributed by atoms with Crippen molar-refractivity contribution in [3.63, 3.8) is 0 Å². The third-order valence-electron chi connectivity index (χ3n) is 6.25. The number of hydrogen-bond donors (Lipinski definition) is 0. The zero-order valence-electron chi connectivity index (χ0n) is 18.6. The normalized spacial score (nSPS) is 14.4. The minimum Gasteiger partial charge on any atom is -0.312 e. The first-order valence-electron chi connectivity index (χ1n) is 11.2. The van der Waals surface area contributed by atoms with Crippen LogP contribution in [0.25, 0.3) is 21.6 Å². The van der Waals surface area contributed by atoms with Crippen molar-refractivity contribution in [3.8, 4) is 5.69 Å². The number of hydrogen-bond acceptors (Lipinski definition) is 5. The molecule has 4 aromatic rings. The standard InChI is InChI=1S/C25H25N7O/c1-18-24(23(33)17-30-11-4-3-5-12-30)25-22(32(18)21-8-6-20(26-2)7-9-21)14-19(15-27-25)16-31-13-10-28-29-31/h6-10,13-15H,3-5,11-12,16-17H2,1H3. The van der Waals surface area contributed by atoms with Gasteiger partial charge >= 0.3 is 0 Å². The van der Waals surface area contributed by atoms with Gasteiger partial charge in [0.15, 0.2) is 11.5 Å². The number of nitrogens with zero attached hydrogens (tertiary/aromatic N) is 7. The fourth-order valence-electron chi connectivity index (χ4n) is 4.65. The maximum absolute atomic E-state index is 13.5. The van der Waals surface area contributed by atoms with Gasteiger partial charge in [0, 0.05) is 23.8 Å². The molecule has 0 spiro atoms. The number of rotatable bonds is 6. The predicted octanol–water partition coefficient (Wildman–Crippen LogP) is 4.19. The van der Waals surface area contributed by atoms with Gasteiger partial charge in [-0.1, -0.05) is 23.8 Å². The van der Waals surface area contributed by atoms with Crippen molar-refractivity contribution in [1.29, 1.82) is 0 Å². The van der Waals surface area contributed by atoms with E-state index in [2.05, 4.69) is 30.7 Å². The van der Waals surface area contributed by atoms with E-state index in [0.29, 0.717) is 29.9 Å². The van der Waals surface area contributed by atoms with E-state index in [9.17, 15) is 4.79 Å². The van der Waals surface area contributed by atoms with E-state index in [1.807, 2.05) is 31.5 Å². The molecule has 4 heterocycles. The van der Waals surface area contributed by atoms with Crippen LogP contribution in [0.4, 0.5) is 5.69 Å². The number of aromatic nitrogens is 5. The summed E-state index contributed by atoms with van der Waals surface area (Å²) in [5, 5.41) is 7.92. The van der Waals surface area contributed by atoms with Crippen LogP contribution in [-0.4, -0.2) is 54.9 Å². The zero-order chi connectivity index (χ0) is 22.8. The van der Waals surface area contributed by atoms with E-state index >= 15 is 0 Å². The van der Waals surface area contributed by atoms with E-state index in [0.717, 1.165) is 48.4 Å². The van der Waals surface area contributed by atoms with Crippen LogP contribution in [0.2, 0.25) is 0 Å². The number of ketones is 1. The van der Waals surface area contributed by atoms with Gasteiger partial charge in [-0.15, -0.1) is 5.10 Å². The molecule has 0 N–H and O–H groups in total. The molecule has 1 aliphatic heterocycles. The fourth-order valence-corrected chi connectivity index (χ4v) is 4.65. The number of fused-ring (bicyclic) bond motifs is 1. The Kier molecular flexibility index (Phi) is 5.71. The lowest BCUT2D eigenvalue weighted by atomic mass is 10.1. The van der Waals surface area contributed by atoms with Crippen molar-refractivity contribution >= 4 is 22.5 Å². The lowest BCUT2D eigenvalue weighted by molar-refractivity contribution is 0.0916. The van der Waals surface area contributed by atoms with Gasteiger partial charge in [-0.2, -0.15) is 0 Å². The number of piperidine rings is 1. The second-order valence-electron chi connectivity index (χ2n) is 8.50. The molecule has 0 bridgehead atoms. The van der Waals surface area contributed by atoms with Crippen molar-refractivity contribution in [3.05, 3.63) is 77.2 Å². The Balaban J connectivity index is 1.60. The number of Topliss-reactive ketones (excluding diaryl/α,β-unsaturated/α-hetero) is 1. The molecule has 1 fully saturated rings. The summed E-state index contributed by atoms with van der Waals surface area (Å²) in [6, 6.07) is 9.51. The van der Waals surface area contributed by atoms with Crippen LogP contribution in [0.5, 0.6) is 0 Å². The van der Waals surface area contributed by atoms with Gasteiger partial charge in [-0.05, 0) is 56.6 Å². The molecular weight excluding hydrogens is 414 g/mol. The quantitative estimate of drug-likeness (QED) is 0.333. The van der Waals surface area contributed by atoms with Gasteiger partial charge in [0.1, 0.15) is 0 Å². The summed E-state index contributed by atoms with van der Waals surface area (Å²) in [4.78, 5) is 24.0. The topological polar surface area (TPSA) is 73.2 Å². The Morgan fingerprint density at radius 1 is 1.15 bits per heavy atom. The molecule has 8 heteroatoms. The number of benzene rings is 1. The smallest absolute Gasteiger partial charge is 0.187 e. The van der Waals surface area contributed by atoms with E-state index < -0.39 is 0 Å². The molecule has 166 valence electrons. The van der Waals surface area contributed by atoms with Gasteiger partial charge in [-0.3, -0.25) is 14.7 Å². The third-order valence-corrected chi connectivity index (χ3v) is 6.25. The van der Waals surface area contributed by atoms with Crippen molar-refractivity contribution < 1.29 is 4.79 Å². The summed E-state index contributed by atoms with van der Waals surface area (Å²) in [7, 11) is 0. The van der Waals surface area contributed by atoms with Crippen molar-refractivity contribution in [2.24, 2.45) is 0 Å². The second-order valence-corrected chi connectivity index (χ2v) is 8.50. The van der Waals surface area contributed by atoms with Gasteiger partial charge in [0.05, 0.1) is 42.5 Å². The number of pyridine rings is 1. The molecule has 1 saturated heterocycles. The molecule has 8 nitrogen and oxygen atoms in total. The van der Waals surface area contributed by atoms with Crippen LogP contribution in [0.1, 0.15) is 40.9 Å². The summed E-state index contributed by atoms with van der Waals surface area (Å²) < 4.78 is 3.82. The van der Waals surface area contributed by atoms with Crippen LogP contribution in [-0.2, 0) is 6.54 Å². The average molecular weight is 440 g/mol. The maximum atomic E-state index is 13.5. The molecule has 3 aromatic heterocycles. The molecule has 0 unspecified atom stereocenters. The van der Waals surface area contributed by atoms with Crippen LogP contribution in [0.3, 0.4) is 0 Å². The summed E-state index contributed by atoms with van der Waals surface area (Å²) in [6.45, 7) is 12.1. The molecule has 0 saturated carbocycles. The van der Waals surface area contributed by atoms with Crippen LogP contribution < -0.4 is 0 Å². The first kappa shape index (κ1) is 21.0. The van der Waals surface area contributed by atoms with E-state index in [1.165, 1.54) is 6.42 Å². The third kappa shape index (κ3) is 4.15. The van der Waals surface area contributed by atoms with Crippen molar-refractivity contribution in [1.82, 2.24) is 29.4 Å². The molecule has 0 aliphatic carbocycles. The lowest BCUT2D eigenvalue weighted by Gasteiger charge is -2.25. The number of likely N-dealkylation sites (tertiary alicyclic amines) is 1. The zero-order valence-corrected chi connectivity index (χ0v) is 18.6. The molecule has 0 atom stereocenters. The Morgan fingerprint density at radius 2 is 1.94 bits per heavy atom. The highest BCUT2D eigenvalue weighted by atomic mass is 16.1. The van der Waals surface area contributed by atoms with Gasteiger partial charge in [0.25, 0.3) is 0 Å². The van der Waals surface area contributed by atoms with Gasteiger partial charge in [0.2, 0.25) is 0 Å². The van der Waals surface area contributed by atoms with Gasteiger partial charge in [-0.25, -0.2) is 9.53 Å². The largest absolute Gasteiger partial charge is 0.312 e. The average Bonchev–Trinajstić information content (AvgIpc) is 3.45. The lowest BCUT2D eigenvalue weighted by Crippen LogP contribution is -2.34. The Morgan fingerprint density at radius 3 is 2.64 bits per heavy atom. The number of carbonyl (C=O) groups excluding carboxylic acids is 1. The minimum atomic E-state index is 0.104. The Labute approximate surface area is 192 Å². The Bertz CT molecular complexity index is 1320. The molecule has 1 aliphatic rings. The molecule has 0 radical (unpaired) electrons. The van der Waals surface area contributed by atoms with Crippen LogP contribution >= 0.6 is 0 Å². The summed E-state index contributed by atoms with van der Waals surface area (Å²) in [6.07, 6.45) is 8.80. The van der Waals surface area contributed by atoms with E-state index in [1.54, 1.807) is 23.0 Å². The highest BCUT2D eigenvalue weighted by Crippen LogP contribution is 2.30. The highest BCUT2D eigenvalue weighted by molar-refractivity contribution is 6.09. The first-order chi connectivity index (χ1) is 16.1. The predicted molar refractivity (Wildman–Crippen MR) is 126 cm³/mol. The Hall–Kier alpha value is -3.83. The van der Waals surface area contributed by atoms with Crippen LogP contribution in [0.15, 0.2) is 48.9 Å². The van der Waals surface area contributed by atoms with E-state index in [-0.39, 0.29) is 5.78 Å². The minimum absolute atomic E-state index is 0.104. The van der Waals surface area contributed by atoms with Crippen molar-refractivity contribution in [2.45, 2.75) is 32.7 Å². The number of carbonyl (C=O) groups is 1. The SMILES string of the molecule is [C-]#[N+]c1ccc(-n2c(C)c(C(=O)CN3CCCCC3)c3ncc(Cn4ccnn4)cc32)cc1. The molecule has 5 rings (SSSR count). The van der Waals surface area contributed by atoms with E-state index in [4.69, 9.17) is 11.6 Å². The molecule has 0 amide bonds. The fraction of sp³-hybridized carbons (Fsp3) is 0.320. The second kappa shape index (κ2) is 8.96. The highest BCUT2D eigenvalue weighted by Gasteiger charge is 2.24. The van der Waals surface area contributed by atoms with Crippen molar-refractivity contribution in [2.75, 3.05) is 19.6 Å². The molecule has 1 aromatic carbocycles. The van der Waals surface area contributed by atoms with Crippen LogP contribution in [0, 0.1) is 13.5 Å². The molecular formula is C25H25N7O. The first-order valence-corrected chi connectivity index (χ1v) is 11.2. The monoisotopic (exact) mass is 439 g/mol. The summed E-state index contributed by atoms with van der Waals surface area (Å²) >= 11 is 0. The summed E-state index contributed by atoms with van der Waals surface area (Å²) in [5.41, 5.74) is 5.60. The van der Waals surface area contributed by atoms with Gasteiger partial charge < -0.3 is 4.57 Å².